The Morgan fingerprint density at radius 2 is 1.85 bits per heavy atom. The molecule has 0 spiro atoms. The molecular weight excluding hydrogens is 444 g/mol. The number of nitrogens with one attached hydrogen (secondary N) is 2. The van der Waals surface area contributed by atoms with E-state index in [1.54, 1.807) is 13.2 Å². The number of H-pyrrole nitrogens is 1. The molecule has 1 aliphatic rings. The Bertz CT molecular complexity index is 1210. The van der Waals surface area contributed by atoms with E-state index < -0.39 is 17.4 Å². The Morgan fingerprint density at radius 3 is 2.36 bits per heavy atom. The average Bonchev–Trinajstić information content (AvgIpc) is 3.08. The summed E-state index contributed by atoms with van der Waals surface area (Å²) in [6.07, 6.45) is 0. The number of halogens is 1. The number of carbonyl (C=O) groups excluding carboxylic acids is 1. The molecule has 1 aliphatic heterocycles. The smallest absolute Gasteiger partial charge is 0.311 e. The van der Waals surface area contributed by atoms with Crippen LogP contribution in [0.15, 0.2) is 36.4 Å². The molecule has 8 heteroatoms. The molecule has 2 aromatic carbocycles. The van der Waals surface area contributed by atoms with Crippen molar-refractivity contribution in [1.29, 1.82) is 0 Å². The second-order valence-electron chi connectivity index (χ2n) is 8.84. The number of hydrogen-bond acceptors (Lipinski definition) is 4. The highest BCUT2D eigenvalue weighted by Gasteiger charge is 2.42. The fourth-order valence-electron chi connectivity index (χ4n) is 4.49. The standard InChI is InChI=1S/C25H27ClN2O5/c1-13(2)19(24(30)31)15-5-7-16(8-6-15)25(11-33-12-25)28-23(29)22-14(3)20-17(27-22)9-10-18(32-4)21(20)26/h5-10,13,19,27H,11-12H2,1-4H3,(H,28,29)(H,30,31). The van der Waals surface area contributed by atoms with E-state index in [2.05, 4.69) is 10.3 Å². The maximum atomic E-state index is 13.3. The lowest BCUT2D eigenvalue weighted by Crippen LogP contribution is -2.59. The van der Waals surface area contributed by atoms with Gasteiger partial charge in [0.15, 0.2) is 0 Å². The first-order valence-corrected chi connectivity index (χ1v) is 11.1. The summed E-state index contributed by atoms with van der Waals surface area (Å²) in [7, 11) is 1.55. The molecular formula is C25H27ClN2O5. The number of methoxy groups -OCH3 is 1. The van der Waals surface area contributed by atoms with Gasteiger partial charge in [0, 0.05) is 10.9 Å². The Hall–Kier alpha value is -3.03. The van der Waals surface area contributed by atoms with Gasteiger partial charge in [-0.2, -0.15) is 0 Å². The summed E-state index contributed by atoms with van der Waals surface area (Å²) in [5, 5.41) is 13.9. The van der Waals surface area contributed by atoms with Crippen LogP contribution in [0.3, 0.4) is 0 Å². The molecule has 1 aromatic heterocycles. The van der Waals surface area contributed by atoms with E-state index in [0.717, 1.165) is 27.6 Å². The van der Waals surface area contributed by atoms with E-state index in [4.69, 9.17) is 21.1 Å². The minimum absolute atomic E-state index is 0.0375. The summed E-state index contributed by atoms with van der Waals surface area (Å²) < 4.78 is 10.8. The normalized spacial score (nSPS) is 15.8. The third-order valence-electron chi connectivity index (χ3n) is 6.37. The number of carboxylic acids is 1. The third kappa shape index (κ3) is 3.96. The van der Waals surface area contributed by atoms with Crippen LogP contribution in [0.2, 0.25) is 5.02 Å². The van der Waals surface area contributed by atoms with Crippen LogP contribution < -0.4 is 10.1 Å². The quantitative estimate of drug-likeness (QED) is 0.468. The van der Waals surface area contributed by atoms with Gasteiger partial charge in [0.1, 0.15) is 17.0 Å². The molecule has 2 heterocycles. The van der Waals surface area contributed by atoms with Crippen molar-refractivity contribution in [2.75, 3.05) is 20.3 Å². The van der Waals surface area contributed by atoms with Crippen molar-refractivity contribution >= 4 is 34.4 Å². The number of aryl methyl sites for hydroxylation is 1. The first-order chi connectivity index (χ1) is 15.7. The summed E-state index contributed by atoms with van der Waals surface area (Å²) in [4.78, 5) is 28.1. The van der Waals surface area contributed by atoms with Crippen molar-refractivity contribution in [3.63, 3.8) is 0 Å². The van der Waals surface area contributed by atoms with Gasteiger partial charge in [-0.3, -0.25) is 9.59 Å². The second kappa shape index (κ2) is 8.72. The zero-order chi connectivity index (χ0) is 23.9. The van der Waals surface area contributed by atoms with Gasteiger partial charge >= 0.3 is 5.97 Å². The minimum Gasteiger partial charge on any atom is -0.495 e. The maximum Gasteiger partial charge on any atom is 0.311 e. The maximum absolute atomic E-state index is 13.3. The first-order valence-electron chi connectivity index (χ1n) is 10.8. The zero-order valence-electron chi connectivity index (χ0n) is 19.0. The molecule has 0 saturated carbocycles. The van der Waals surface area contributed by atoms with Crippen LogP contribution in [-0.2, 0) is 15.1 Å². The molecule has 0 aliphatic carbocycles. The van der Waals surface area contributed by atoms with E-state index in [9.17, 15) is 14.7 Å². The summed E-state index contributed by atoms with van der Waals surface area (Å²) in [6, 6.07) is 11.0. The fraction of sp³-hybridized carbons (Fsp3) is 0.360. The van der Waals surface area contributed by atoms with Crippen LogP contribution in [0.25, 0.3) is 10.9 Å². The van der Waals surface area contributed by atoms with E-state index in [0.29, 0.717) is 29.7 Å². The van der Waals surface area contributed by atoms with E-state index >= 15 is 0 Å². The largest absolute Gasteiger partial charge is 0.495 e. The van der Waals surface area contributed by atoms with Gasteiger partial charge in [-0.15, -0.1) is 0 Å². The highest BCUT2D eigenvalue weighted by Crippen LogP contribution is 2.37. The minimum atomic E-state index is -0.850. The monoisotopic (exact) mass is 470 g/mol. The van der Waals surface area contributed by atoms with Crippen molar-refractivity contribution in [2.45, 2.75) is 32.2 Å². The van der Waals surface area contributed by atoms with Crippen molar-refractivity contribution in [3.05, 3.63) is 63.8 Å². The van der Waals surface area contributed by atoms with Crippen molar-refractivity contribution < 1.29 is 24.2 Å². The zero-order valence-corrected chi connectivity index (χ0v) is 19.7. The number of rotatable bonds is 7. The lowest BCUT2D eigenvalue weighted by molar-refractivity contribution is -0.139. The SMILES string of the molecule is COc1ccc2[nH]c(C(=O)NC3(c4ccc(C(C(=O)O)C(C)C)cc4)COC3)c(C)c2c1Cl. The van der Waals surface area contributed by atoms with Crippen molar-refractivity contribution in [1.82, 2.24) is 10.3 Å². The van der Waals surface area contributed by atoms with Gasteiger partial charge < -0.3 is 24.9 Å². The Kier molecular flexibility index (Phi) is 6.12. The number of ether oxygens (including phenoxy) is 2. The van der Waals surface area contributed by atoms with Crippen LogP contribution in [0.4, 0.5) is 0 Å². The predicted molar refractivity (Wildman–Crippen MR) is 126 cm³/mol. The highest BCUT2D eigenvalue weighted by molar-refractivity contribution is 6.37. The molecule has 1 amide bonds. The molecule has 7 nitrogen and oxygen atoms in total. The molecule has 33 heavy (non-hydrogen) atoms. The van der Waals surface area contributed by atoms with Crippen molar-refractivity contribution in [3.8, 4) is 5.75 Å². The van der Waals surface area contributed by atoms with E-state index in [1.165, 1.54) is 0 Å². The molecule has 0 bridgehead atoms. The number of aromatic amines is 1. The van der Waals surface area contributed by atoms with Gasteiger partial charge in [0.25, 0.3) is 5.91 Å². The predicted octanol–water partition coefficient (Wildman–Crippen LogP) is 4.62. The topological polar surface area (TPSA) is 101 Å². The van der Waals surface area contributed by atoms with Crippen LogP contribution in [0, 0.1) is 12.8 Å². The van der Waals surface area contributed by atoms with Gasteiger partial charge in [-0.1, -0.05) is 49.7 Å². The van der Waals surface area contributed by atoms with Crippen LogP contribution in [-0.4, -0.2) is 42.3 Å². The number of aliphatic carboxylic acids is 1. The number of benzene rings is 2. The fourth-order valence-corrected chi connectivity index (χ4v) is 4.87. The summed E-state index contributed by atoms with van der Waals surface area (Å²) in [5.41, 5.74) is 2.83. The molecule has 3 N–H and O–H groups in total. The number of fused-ring (bicyclic) bond motifs is 1. The van der Waals surface area contributed by atoms with Crippen molar-refractivity contribution in [2.24, 2.45) is 5.92 Å². The average molecular weight is 471 g/mol. The van der Waals surface area contributed by atoms with E-state index in [1.807, 2.05) is 51.1 Å². The lowest BCUT2D eigenvalue weighted by Gasteiger charge is -2.42. The van der Waals surface area contributed by atoms with Gasteiger partial charge in [0.2, 0.25) is 0 Å². The Labute approximate surface area is 197 Å². The molecule has 1 unspecified atom stereocenters. The lowest BCUT2D eigenvalue weighted by atomic mass is 9.84. The number of amides is 1. The Balaban J connectivity index is 1.63. The first kappa shape index (κ1) is 23.1. The second-order valence-corrected chi connectivity index (χ2v) is 9.22. The molecule has 1 saturated heterocycles. The van der Waals surface area contributed by atoms with Gasteiger partial charge in [0.05, 0.1) is 31.3 Å². The molecule has 1 fully saturated rings. The Morgan fingerprint density at radius 1 is 1.18 bits per heavy atom. The summed E-state index contributed by atoms with van der Waals surface area (Å²) in [5.74, 6) is -1.19. The van der Waals surface area contributed by atoms with Gasteiger partial charge in [-0.05, 0) is 41.7 Å². The number of aromatic nitrogens is 1. The molecule has 3 aromatic rings. The van der Waals surface area contributed by atoms with Crippen LogP contribution in [0.5, 0.6) is 5.75 Å². The number of carbonyl (C=O) groups is 2. The summed E-state index contributed by atoms with van der Waals surface area (Å²) >= 11 is 6.48. The molecule has 174 valence electrons. The number of carboxylic acid groups (broad SMARTS) is 1. The van der Waals surface area contributed by atoms with Crippen LogP contribution in [0.1, 0.15) is 46.9 Å². The molecule has 0 radical (unpaired) electrons. The molecule has 4 rings (SSSR count). The molecule has 1 atom stereocenters. The number of hydrogen-bond donors (Lipinski definition) is 3. The van der Waals surface area contributed by atoms with Crippen LogP contribution >= 0.6 is 11.6 Å². The third-order valence-corrected chi connectivity index (χ3v) is 6.74. The van der Waals surface area contributed by atoms with E-state index in [-0.39, 0.29) is 11.8 Å². The van der Waals surface area contributed by atoms with Gasteiger partial charge in [-0.25, -0.2) is 0 Å². The highest BCUT2D eigenvalue weighted by atomic mass is 35.5. The summed E-state index contributed by atoms with van der Waals surface area (Å²) in [6.45, 7) is 6.28.